The molecule has 0 radical (unpaired) electrons. The van der Waals surface area contributed by atoms with E-state index in [4.69, 9.17) is 0 Å². The molecule has 0 saturated heterocycles. The summed E-state index contributed by atoms with van der Waals surface area (Å²) >= 11 is 0. The number of hydrogen-bond acceptors (Lipinski definition) is 1. The number of rotatable bonds is 3. The lowest BCUT2D eigenvalue weighted by molar-refractivity contribution is 0.568. The average molecular weight is 194 g/mol. The van der Waals surface area contributed by atoms with Crippen LogP contribution in [0.4, 0.5) is 0 Å². The quantitative estimate of drug-likeness (QED) is 0.527. The van der Waals surface area contributed by atoms with E-state index >= 15 is 0 Å². The van der Waals surface area contributed by atoms with Crippen molar-refractivity contribution in [2.45, 2.75) is 0 Å². The second-order valence-corrected chi connectivity index (χ2v) is 3.44. The van der Waals surface area contributed by atoms with Crippen molar-refractivity contribution in [3.05, 3.63) is 60.7 Å². The zero-order valence-electron chi connectivity index (χ0n) is 8.34. The van der Waals surface area contributed by atoms with Crippen molar-refractivity contribution >= 4 is 23.8 Å². The summed E-state index contributed by atoms with van der Waals surface area (Å²) in [6.45, 7) is -0.146. The summed E-state index contributed by atoms with van der Waals surface area (Å²) in [5, 5.41) is 0. The van der Waals surface area contributed by atoms with Crippen LogP contribution in [0.5, 0.6) is 0 Å². The average Bonchev–Trinajstić information content (AvgIpc) is 2.33. The lowest BCUT2D eigenvalue weighted by atomic mass is 9.42. The first-order chi connectivity index (χ1) is 7.42. The molecule has 0 aliphatic carbocycles. The lowest BCUT2D eigenvalue weighted by Gasteiger charge is -2.06. The summed E-state index contributed by atoms with van der Waals surface area (Å²) < 4.78 is 0. The number of benzene rings is 2. The molecular formula is C13H11BO. The number of carbonyl (C=O) groups is 1. The minimum atomic E-state index is -0.146. The predicted molar refractivity (Wildman–Crippen MR) is 64.7 cm³/mol. The van der Waals surface area contributed by atoms with Gasteiger partial charge in [0, 0.05) is 0 Å². The van der Waals surface area contributed by atoms with Gasteiger partial charge in [0.05, 0.1) is 6.19 Å². The van der Waals surface area contributed by atoms with Gasteiger partial charge in [-0.15, -0.1) is 0 Å². The van der Waals surface area contributed by atoms with E-state index in [0.717, 1.165) is 17.1 Å². The Hall–Kier alpha value is -1.83. The Kier molecular flexibility index (Phi) is 2.98. The van der Waals surface area contributed by atoms with Crippen molar-refractivity contribution in [1.82, 2.24) is 0 Å². The third kappa shape index (κ3) is 2.16. The van der Waals surface area contributed by atoms with E-state index in [0.29, 0.717) is 0 Å². The highest BCUT2D eigenvalue weighted by molar-refractivity contribution is 7.04. The summed E-state index contributed by atoms with van der Waals surface area (Å²) in [6, 6.07) is 19.6. The zero-order chi connectivity index (χ0) is 10.5. The van der Waals surface area contributed by atoms with E-state index in [2.05, 4.69) is 0 Å². The van der Waals surface area contributed by atoms with Gasteiger partial charge in [-0.1, -0.05) is 71.6 Å². The molecule has 2 aromatic rings. The van der Waals surface area contributed by atoms with Gasteiger partial charge in [0.15, 0.2) is 0 Å². The maximum absolute atomic E-state index is 11.1. The van der Waals surface area contributed by atoms with Crippen LogP contribution in [-0.2, 0) is 4.79 Å². The molecule has 0 saturated carbocycles. The van der Waals surface area contributed by atoms with Gasteiger partial charge in [-0.05, 0) is 0 Å². The highest BCUT2D eigenvalue weighted by Gasteiger charge is 2.17. The Bertz CT molecular complexity index is 385. The van der Waals surface area contributed by atoms with E-state index < -0.39 is 0 Å². The fourth-order valence-electron chi connectivity index (χ4n) is 1.67. The topological polar surface area (TPSA) is 17.1 Å². The minimum Gasteiger partial charge on any atom is -0.314 e. The van der Waals surface area contributed by atoms with Crippen LogP contribution in [0.3, 0.4) is 0 Å². The molecule has 15 heavy (non-hydrogen) atoms. The van der Waals surface area contributed by atoms with Crippen molar-refractivity contribution < 1.29 is 4.79 Å². The minimum absolute atomic E-state index is 0.146. The maximum atomic E-state index is 11.1. The predicted octanol–water partition coefficient (Wildman–Crippen LogP) is 1.07. The van der Waals surface area contributed by atoms with Crippen LogP contribution < -0.4 is 10.9 Å². The number of carbonyl (C=O) groups excluding carboxylic acids is 1. The second kappa shape index (κ2) is 4.60. The molecule has 1 nitrogen and oxygen atoms in total. The molecule has 0 amide bonds. The molecule has 0 spiro atoms. The largest absolute Gasteiger partial charge is 0.314 e. The Morgan fingerprint density at radius 3 is 1.47 bits per heavy atom. The van der Waals surface area contributed by atoms with Gasteiger partial charge in [0.25, 0.3) is 6.71 Å². The molecule has 2 rings (SSSR count). The van der Waals surface area contributed by atoms with Crippen LogP contribution in [0.25, 0.3) is 0 Å². The molecule has 72 valence electrons. The summed E-state index contributed by atoms with van der Waals surface area (Å²) in [5.41, 5.74) is 2.08. The van der Waals surface area contributed by atoms with Crippen molar-refractivity contribution in [2.75, 3.05) is 0 Å². The van der Waals surface area contributed by atoms with Crippen LogP contribution in [0.15, 0.2) is 60.7 Å². The lowest BCUT2D eigenvalue weighted by Crippen LogP contribution is -2.43. The van der Waals surface area contributed by atoms with Gasteiger partial charge >= 0.3 is 0 Å². The molecule has 0 bridgehead atoms. The van der Waals surface area contributed by atoms with Gasteiger partial charge < -0.3 is 4.79 Å². The van der Waals surface area contributed by atoms with Crippen molar-refractivity contribution in [1.29, 1.82) is 0 Å². The van der Waals surface area contributed by atoms with E-state index in [1.165, 1.54) is 0 Å². The summed E-state index contributed by atoms with van der Waals surface area (Å²) in [4.78, 5) is 11.1. The maximum Gasteiger partial charge on any atom is 0.283 e. The van der Waals surface area contributed by atoms with Crippen molar-refractivity contribution in [3.63, 3.8) is 0 Å². The standard InChI is InChI=1S/C13H11BO/c15-11-14(12-7-3-1-4-8-12)13-9-5-2-6-10-13/h1-11H. The fraction of sp³-hybridized carbons (Fsp3) is 0. The van der Waals surface area contributed by atoms with Crippen LogP contribution in [0.2, 0.25) is 0 Å². The Balaban J connectivity index is 2.38. The van der Waals surface area contributed by atoms with E-state index in [1.807, 2.05) is 60.7 Å². The normalized spacial score (nSPS) is 9.60. The first kappa shape index (κ1) is 9.72. The van der Waals surface area contributed by atoms with Gasteiger partial charge in [-0.2, -0.15) is 0 Å². The molecule has 0 atom stereocenters. The molecule has 2 heteroatoms. The zero-order valence-corrected chi connectivity index (χ0v) is 8.34. The highest BCUT2D eigenvalue weighted by atomic mass is 16.1. The Morgan fingerprint density at radius 2 is 1.13 bits per heavy atom. The molecule has 0 unspecified atom stereocenters. The summed E-state index contributed by atoms with van der Waals surface area (Å²) in [6.07, 6.45) is 0.991. The third-order valence-corrected chi connectivity index (χ3v) is 2.45. The summed E-state index contributed by atoms with van der Waals surface area (Å²) in [7, 11) is 0. The van der Waals surface area contributed by atoms with Crippen LogP contribution in [0, 0.1) is 0 Å². The first-order valence-corrected chi connectivity index (χ1v) is 4.97. The Labute approximate surface area is 89.8 Å². The van der Waals surface area contributed by atoms with Crippen LogP contribution >= 0.6 is 0 Å². The van der Waals surface area contributed by atoms with Gasteiger partial charge in [-0.3, -0.25) is 0 Å². The van der Waals surface area contributed by atoms with Crippen LogP contribution in [0.1, 0.15) is 0 Å². The molecular weight excluding hydrogens is 183 g/mol. The monoisotopic (exact) mass is 194 g/mol. The molecule has 0 aliphatic rings. The molecule has 0 heterocycles. The van der Waals surface area contributed by atoms with E-state index in [1.54, 1.807) is 0 Å². The van der Waals surface area contributed by atoms with Gasteiger partial charge in [0.2, 0.25) is 0 Å². The van der Waals surface area contributed by atoms with E-state index in [9.17, 15) is 4.79 Å². The van der Waals surface area contributed by atoms with Gasteiger partial charge in [-0.25, -0.2) is 0 Å². The number of hydrogen-bond donors (Lipinski definition) is 0. The van der Waals surface area contributed by atoms with E-state index in [-0.39, 0.29) is 6.71 Å². The fourth-order valence-corrected chi connectivity index (χ4v) is 1.67. The second-order valence-electron chi connectivity index (χ2n) is 3.44. The molecule has 0 fully saturated rings. The third-order valence-electron chi connectivity index (χ3n) is 2.45. The SMILES string of the molecule is O=CB(c1ccccc1)c1ccccc1. The van der Waals surface area contributed by atoms with Crippen LogP contribution in [-0.4, -0.2) is 12.9 Å². The van der Waals surface area contributed by atoms with Gasteiger partial charge in [0.1, 0.15) is 0 Å². The molecule has 0 aromatic heterocycles. The van der Waals surface area contributed by atoms with Crippen molar-refractivity contribution in [2.24, 2.45) is 0 Å². The van der Waals surface area contributed by atoms with Crippen molar-refractivity contribution in [3.8, 4) is 0 Å². The first-order valence-electron chi connectivity index (χ1n) is 4.97. The smallest absolute Gasteiger partial charge is 0.283 e. The highest BCUT2D eigenvalue weighted by Crippen LogP contribution is 1.90. The molecule has 0 aliphatic heterocycles. The molecule has 2 aromatic carbocycles. The Morgan fingerprint density at radius 1 is 0.733 bits per heavy atom. The molecule has 0 N–H and O–H groups in total. The summed E-state index contributed by atoms with van der Waals surface area (Å²) in [5.74, 6) is 0.